The summed E-state index contributed by atoms with van der Waals surface area (Å²) >= 11 is 6.03. The molecule has 0 radical (unpaired) electrons. The molecule has 0 aliphatic carbocycles. The first kappa shape index (κ1) is 21.2. The van der Waals surface area contributed by atoms with Crippen LogP contribution in [0.2, 0.25) is 5.02 Å². The van der Waals surface area contributed by atoms with Crippen LogP contribution in [0.3, 0.4) is 0 Å². The highest BCUT2D eigenvalue weighted by atomic mass is 35.5. The van der Waals surface area contributed by atoms with Gasteiger partial charge in [-0.05, 0) is 30.3 Å². The molecule has 0 atom stereocenters. The first-order chi connectivity index (χ1) is 13.5. The van der Waals surface area contributed by atoms with E-state index in [9.17, 15) is 32.4 Å². The zero-order valence-electron chi connectivity index (χ0n) is 14.3. The maximum absolute atomic E-state index is 12.6. The number of hydrogen-bond acceptors (Lipinski definition) is 6. The predicted molar refractivity (Wildman–Crippen MR) is 107 cm³/mol. The number of aromatic nitrogens is 1. The number of hydrazine groups is 1. The van der Waals surface area contributed by atoms with Crippen LogP contribution in [-0.2, 0) is 14.6 Å². The lowest BCUT2D eigenvalue weighted by Gasteiger charge is -2.13. The largest absolute Gasteiger partial charge is 0.361 e. The summed E-state index contributed by atoms with van der Waals surface area (Å²) in [5, 5.41) is -1.00. The highest BCUT2D eigenvalue weighted by Crippen LogP contribution is 2.33. The monoisotopic (exact) mass is 457 g/mol. The molecule has 5 N–H and O–H groups in total. The minimum absolute atomic E-state index is 0.0426. The summed E-state index contributed by atoms with van der Waals surface area (Å²) in [6.45, 7) is 0. The number of carbonyl (C=O) groups is 1. The highest BCUT2D eigenvalue weighted by Gasteiger charge is 2.24. The van der Waals surface area contributed by atoms with Crippen LogP contribution in [0.1, 0.15) is 10.4 Å². The molecule has 2 aromatic carbocycles. The van der Waals surface area contributed by atoms with Crippen molar-refractivity contribution < 1.29 is 27.6 Å². The van der Waals surface area contributed by atoms with Crippen LogP contribution in [0.5, 0.6) is 0 Å². The molecule has 0 aliphatic heterocycles. The Bertz CT molecular complexity index is 1330. The number of benzene rings is 2. The molecular weight excluding hydrogens is 445 g/mol. The molecule has 13 heteroatoms. The number of nitrogens with one attached hydrogen (secondary N) is 3. The second-order valence-corrected chi connectivity index (χ2v) is 9.46. The third-order valence-electron chi connectivity index (χ3n) is 3.89. The van der Waals surface area contributed by atoms with Gasteiger partial charge in [0.05, 0.1) is 10.7 Å². The van der Waals surface area contributed by atoms with Crippen LogP contribution < -0.4 is 21.1 Å². The van der Waals surface area contributed by atoms with Gasteiger partial charge in [-0.1, -0.05) is 23.7 Å². The standard InChI is InChI=1S/C16H13ClN3O7PS/c17-11-7-13-10(5-14(16(22)18-13)28(23,24)25)6-15(11)29(26,27)20-19-12-4-2-1-3-9(12)8-21/h1-8,19-20H,(H,18,22)(H2,23,24,25). The SMILES string of the molecule is O=Cc1ccccc1NNS(=O)(=O)c1cc2cc(P(=O)(O)O)c(=O)[nH]c2cc1Cl. The van der Waals surface area contributed by atoms with Crippen LogP contribution in [-0.4, -0.2) is 29.5 Å². The van der Waals surface area contributed by atoms with Crippen molar-refractivity contribution in [2.75, 3.05) is 5.43 Å². The van der Waals surface area contributed by atoms with Gasteiger partial charge in [0.1, 0.15) is 10.2 Å². The van der Waals surface area contributed by atoms with Crippen molar-refractivity contribution >= 4 is 57.4 Å². The van der Waals surface area contributed by atoms with E-state index in [4.69, 9.17) is 11.6 Å². The van der Waals surface area contributed by atoms with Gasteiger partial charge in [-0.3, -0.25) is 14.2 Å². The lowest BCUT2D eigenvalue weighted by Crippen LogP contribution is -2.30. The zero-order valence-corrected chi connectivity index (χ0v) is 16.8. The average molecular weight is 458 g/mol. The lowest BCUT2D eigenvalue weighted by molar-refractivity contribution is 0.112. The van der Waals surface area contributed by atoms with E-state index in [2.05, 4.69) is 15.2 Å². The van der Waals surface area contributed by atoms with Crippen molar-refractivity contribution in [2.45, 2.75) is 4.90 Å². The zero-order chi connectivity index (χ0) is 21.4. The number of para-hydroxylation sites is 1. The van der Waals surface area contributed by atoms with Gasteiger partial charge in [0.2, 0.25) is 0 Å². The number of aldehydes is 1. The van der Waals surface area contributed by atoms with Gasteiger partial charge >= 0.3 is 7.60 Å². The number of H-pyrrole nitrogens is 1. The van der Waals surface area contributed by atoms with Crippen molar-refractivity contribution in [3.63, 3.8) is 0 Å². The molecule has 0 bridgehead atoms. The average Bonchev–Trinajstić information content (AvgIpc) is 2.64. The van der Waals surface area contributed by atoms with Crippen LogP contribution in [0.15, 0.2) is 52.2 Å². The molecule has 0 unspecified atom stereocenters. The van der Waals surface area contributed by atoms with Gasteiger partial charge in [0, 0.05) is 16.5 Å². The Morgan fingerprint density at radius 2 is 1.83 bits per heavy atom. The van der Waals surface area contributed by atoms with E-state index in [0.717, 1.165) is 18.2 Å². The van der Waals surface area contributed by atoms with Crippen molar-refractivity contribution in [2.24, 2.45) is 0 Å². The maximum atomic E-state index is 12.6. The molecule has 0 fully saturated rings. The summed E-state index contributed by atoms with van der Waals surface area (Å²) in [6.07, 6.45) is 0.541. The first-order valence-corrected chi connectivity index (χ1v) is 11.2. The first-order valence-electron chi connectivity index (χ1n) is 7.77. The minimum atomic E-state index is -4.88. The van der Waals surface area contributed by atoms with Gasteiger partial charge in [0.15, 0.2) is 6.29 Å². The molecular formula is C16H13ClN3O7PS. The number of hydrogen-bond donors (Lipinski definition) is 5. The smallest absolute Gasteiger partial charge is 0.321 e. The molecule has 1 heterocycles. The number of carbonyl (C=O) groups excluding carboxylic acids is 1. The molecule has 29 heavy (non-hydrogen) atoms. The number of aromatic amines is 1. The third kappa shape index (κ3) is 4.40. The Morgan fingerprint density at radius 3 is 2.48 bits per heavy atom. The molecule has 3 aromatic rings. The number of anilines is 1. The number of halogens is 1. The molecule has 0 saturated carbocycles. The van der Waals surface area contributed by atoms with E-state index >= 15 is 0 Å². The lowest BCUT2D eigenvalue weighted by atomic mass is 10.2. The second-order valence-electron chi connectivity index (χ2n) is 5.83. The fourth-order valence-corrected chi connectivity index (χ4v) is 4.56. The van der Waals surface area contributed by atoms with E-state index in [1.165, 1.54) is 12.1 Å². The number of sulfonamides is 1. The van der Waals surface area contributed by atoms with Crippen LogP contribution >= 0.6 is 19.2 Å². The molecule has 152 valence electrons. The van der Waals surface area contributed by atoms with Crippen molar-refractivity contribution in [3.8, 4) is 0 Å². The van der Waals surface area contributed by atoms with E-state index in [1.54, 1.807) is 12.1 Å². The molecule has 10 nitrogen and oxygen atoms in total. The van der Waals surface area contributed by atoms with Crippen molar-refractivity contribution in [1.29, 1.82) is 0 Å². The molecule has 0 amide bonds. The van der Waals surface area contributed by atoms with E-state index < -0.39 is 33.4 Å². The Kier molecular flexibility index (Phi) is 5.63. The Balaban J connectivity index is 2.04. The van der Waals surface area contributed by atoms with Crippen molar-refractivity contribution in [3.05, 3.63) is 63.4 Å². The van der Waals surface area contributed by atoms with Gasteiger partial charge < -0.3 is 20.2 Å². The normalized spacial score (nSPS) is 12.1. The van der Waals surface area contributed by atoms with E-state index in [-0.39, 0.29) is 27.2 Å². The van der Waals surface area contributed by atoms with Gasteiger partial charge in [0.25, 0.3) is 15.6 Å². The molecule has 0 spiro atoms. The summed E-state index contributed by atoms with van der Waals surface area (Å²) in [6, 6.07) is 9.25. The Labute approximate surface area is 168 Å². The third-order valence-corrected chi connectivity index (χ3v) is 6.56. The van der Waals surface area contributed by atoms with Crippen LogP contribution in [0.4, 0.5) is 5.69 Å². The van der Waals surface area contributed by atoms with E-state index in [1.807, 2.05) is 0 Å². The number of rotatable bonds is 6. The fourth-order valence-electron chi connectivity index (χ4n) is 2.51. The Hall–Kier alpha value is -2.53. The summed E-state index contributed by atoms with van der Waals surface area (Å²) in [7, 11) is -9.14. The predicted octanol–water partition coefficient (Wildman–Crippen LogP) is 1.10. The quantitative estimate of drug-likeness (QED) is 0.208. The molecule has 0 aliphatic rings. The topological polar surface area (TPSA) is 166 Å². The summed E-state index contributed by atoms with van der Waals surface area (Å²) in [5.74, 6) is 0. The summed E-state index contributed by atoms with van der Waals surface area (Å²) < 4.78 is 36.7. The highest BCUT2D eigenvalue weighted by molar-refractivity contribution is 7.89. The van der Waals surface area contributed by atoms with Gasteiger partial charge in [-0.2, -0.15) is 0 Å². The Morgan fingerprint density at radius 1 is 1.14 bits per heavy atom. The summed E-state index contributed by atoms with van der Waals surface area (Å²) in [4.78, 5) is 45.3. The van der Waals surface area contributed by atoms with Crippen molar-refractivity contribution in [1.82, 2.24) is 9.82 Å². The van der Waals surface area contributed by atoms with Crippen LogP contribution in [0.25, 0.3) is 10.9 Å². The minimum Gasteiger partial charge on any atom is -0.321 e. The van der Waals surface area contributed by atoms with Gasteiger partial charge in [-0.25, -0.2) is 8.42 Å². The number of pyridine rings is 1. The molecule has 1 aromatic heterocycles. The second kappa shape index (κ2) is 7.71. The van der Waals surface area contributed by atoms with E-state index in [0.29, 0.717) is 6.29 Å². The fraction of sp³-hybridized carbons (Fsp3) is 0. The molecule has 3 rings (SSSR count). The maximum Gasteiger partial charge on any atom is 0.361 e. The molecule has 0 saturated heterocycles. The summed E-state index contributed by atoms with van der Waals surface area (Å²) in [5.41, 5.74) is 1.91. The van der Waals surface area contributed by atoms with Crippen LogP contribution in [0, 0.1) is 0 Å². The number of fused-ring (bicyclic) bond motifs is 1. The van der Waals surface area contributed by atoms with Gasteiger partial charge in [-0.15, -0.1) is 4.83 Å².